The van der Waals surface area contributed by atoms with Gasteiger partial charge in [0.1, 0.15) is 0 Å². The van der Waals surface area contributed by atoms with Gasteiger partial charge in [-0.3, -0.25) is 19.3 Å². The molecule has 8 heteroatoms. The van der Waals surface area contributed by atoms with E-state index < -0.39 is 12.1 Å². The molecule has 0 bridgehead atoms. The molecule has 7 nitrogen and oxygen atoms in total. The van der Waals surface area contributed by atoms with Gasteiger partial charge >= 0.3 is 5.97 Å². The van der Waals surface area contributed by atoms with Crippen molar-refractivity contribution >= 4 is 45.0 Å². The van der Waals surface area contributed by atoms with Crippen LogP contribution in [0.25, 0.3) is 10.9 Å². The molecule has 1 saturated heterocycles. The third kappa shape index (κ3) is 3.55. The van der Waals surface area contributed by atoms with Crippen molar-refractivity contribution < 1.29 is 19.1 Å². The average molecular weight is 397 g/mol. The van der Waals surface area contributed by atoms with Crippen molar-refractivity contribution in [3.8, 4) is 0 Å². The van der Waals surface area contributed by atoms with Crippen LogP contribution in [0.4, 0.5) is 5.13 Å². The number of esters is 1. The minimum absolute atomic E-state index is 0.0377. The lowest BCUT2D eigenvalue weighted by molar-refractivity contribution is -0.145. The lowest BCUT2D eigenvalue weighted by Crippen LogP contribution is -2.25. The second-order valence-corrected chi connectivity index (χ2v) is 7.53. The Kier molecular flexibility index (Phi) is 4.95. The molecular weight excluding hydrogens is 378 g/mol. The molecule has 0 saturated carbocycles. The Morgan fingerprint density at radius 2 is 2.18 bits per heavy atom. The number of hydrogen-bond acceptors (Lipinski definition) is 6. The fourth-order valence-electron chi connectivity index (χ4n) is 3.29. The maximum Gasteiger partial charge on any atom is 0.312 e. The van der Waals surface area contributed by atoms with Crippen LogP contribution in [0.5, 0.6) is 0 Å². The number of amides is 1. The van der Waals surface area contributed by atoms with E-state index in [2.05, 4.69) is 9.97 Å². The second-order valence-electron chi connectivity index (χ2n) is 6.69. The lowest BCUT2D eigenvalue weighted by atomic mass is 10.1. The Bertz CT molecular complexity index is 1050. The summed E-state index contributed by atoms with van der Waals surface area (Å²) in [5.41, 5.74) is 1.90. The molecule has 1 fully saturated rings. The normalized spacial score (nSPS) is 15.2. The molecule has 0 unspecified atom stereocenters. The van der Waals surface area contributed by atoms with E-state index in [1.165, 1.54) is 11.3 Å². The fourth-order valence-corrected chi connectivity index (χ4v) is 4.15. The summed E-state index contributed by atoms with van der Waals surface area (Å²) in [6.45, 7) is 2.23. The van der Waals surface area contributed by atoms with E-state index in [1.807, 2.05) is 24.3 Å². The molecule has 1 amide bonds. The Morgan fingerprint density at radius 3 is 2.96 bits per heavy atom. The Morgan fingerprint density at radius 1 is 1.36 bits per heavy atom. The quantitative estimate of drug-likeness (QED) is 0.510. The smallest absolute Gasteiger partial charge is 0.312 e. The van der Waals surface area contributed by atoms with Crippen molar-refractivity contribution in [3.05, 3.63) is 47.1 Å². The van der Waals surface area contributed by atoms with Crippen LogP contribution in [0.2, 0.25) is 0 Å². The second kappa shape index (κ2) is 7.55. The molecule has 0 radical (unpaired) electrons. The van der Waals surface area contributed by atoms with Gasteiger partial charge in [-0.05, 0) is 19.4 Å². The zero-order chi connectivity index (χ0) is 19.7. The van der Waals surface area contributed by atoms with E-state index >= 15 is 0 Å². The number of ketones is 1. The summed E-state index contributed by atoms with van der Waals surface area (Å²) in [7, 11) is 0. The van der Waals surface area contributed by atoms with E-state index in [1.54, 1.807) is 23.4 Å². The van der Waals surface area contributed by atoms with Crippen molar-refractivity contribution in [1.29, 1.82) is 0 Å². The molecule has 0 aliphatic carbocycles. The number of Topliss-reactive ketones (excluding diaryl/α,β-unsaturated/α-hetero) is 1. The van der Waals surface area contributed by atoms with Gasteiger partial charge in [-0.2, -0.15) is 0 Å². The summed E-state index contributed by atoms with van der Waals surface area (Å²) in [4.78, 5) is 45.8. The Balaban J connectivity index is 1.39. The number of carbonyl (C=O) groups is 3. The number of nitrogens with one attached hydrogen (secondary N) is 1. The van der Waals surface area contributed by atoms with Gasteiger partial charge in [-0.15, -0.1) is 11.3 Å². The molecule has 1 aromatic carbocycles. The number of para-hydroxylation sites is 1. The van der Waals surface area contributed by atoms with Gasteiger partial charge in [0.25, 0.3) is 0 Å². The third-order valence-electron chi connectivity index (χ3n) is 4.70. The maximum absolute atomic E-state index is 12.7. The molecular formula is C20H19N3O4S. The minimum atomic E-state index is -0.898. The van der Waals surface area contributed by atoms with E-state index in [0.717, 1.165) is 17.3 Å². The fraction of sp³-hybridized carbons (Fsp3) is 0.300. The molecule has 28 heavy (non-hydrogen) atoms. The first kappa shape index (κ1) is 18.4. The monoisotopic (exact) mass is 397 g/mol. The van der Waals surface area contributed by atoms with Gasteiger partial charge in [0.15, 0.2) is 11.2 Å². The van der Waals surface area contributed by atoms with Crippen molar-refractivity contribution in [3.63, 3.8) is 0 Å². The number of anilines is 1. The number of ether oxygens (including phenoxy) is 1. The Hall–Kier alpha value is -3.00. The number of nitrogens with zero attached hydrogens (tertiary/aromatic N) is 2. The molecule has 1 N–H and O–H groups in total. The van der Waals surface area contributed by atoms with Crippen molar-refractivity contribution in [1.82, 2.24) is 9.97 Å². The number of hydrogen-bond donors (Lipinski definition) is 1. The SMILES string of the molecule is C[C@H](OC(=O)Cc1csc(N2CCCC2=O)n1)C(=O)c1c[nH]c2ccccc12. The van der Waals surface area contributed by atoms with Gasteiger partial charge in [0.2, 0.25) is 11.7 Å². The van der Waals surface area contributed by atoms with Crippen molar-refractivity contribution in [2.75, 3.05) is 11.4 Å². The number of thiazole rings is 1. The molecule has 0 spiro atoms. The predicted octanol–water partition coefficient (Wildman–Crippen LogP) is 3.11. The summed E-state index contributed by atoms with van der Waals surface area (Å²) < 4.78 is 5.33. The molecule has 144 valence electrons. The number of benzene rings is 1. The van der Waals surface area contributed by atoms with Crippen LogP contribution in [0, 0.1) is 0 Å². The zero-order valence-electron chi connectivity index (χ0n) is 15.3. The highest BCUT2D eigenvalue weighted by atomic mass is 32.1. The van der Waals surface area contributed by atoms with Gasteiger partial charge in [-0.1, -0.05) is 18.2 Å². The predicted molar refractivity (Wildman–Crippen MR) is 106 cm³/mol. The molecule has 3 heterocycles. The van der Waals surface area contributed by atoms with E-state index in [-0.39, 0.29) is 18.1 Å². The molecule has 1 aliphatic rings. The first-order valence-electron chi connectivity index (χ1n) is 9.07. The first-order valence-corrected chi connectivity index (χ1v) is 9.95. The maximum atomic E-state index is 12.7. The highest BCUT2D eigenvalue weighted by molar-refractivity contribution is 7.14. The lowest BCUT2D eigenvalue weighted by Gasteiger charge is -2.12. The van der Waals surface area contributed by atoms with Crippen LogP contribution in [-0.4, -0.2) is 40.3 Å². The average Bonchev–Trinajstić information content (AvgIpc) is 3.40. The van der Waals surface area contributed by atoms with Crippen LogP contribution in [0.1, 0.15) is 35.8 Å². The number of rotatable bonds is 6. The first-order chi connectivity index (χ1) is 13.5. The van der Waals surface area contributed by atoms with Crippen molar-refractivity contribution in [2.24, 2.45) is 0 Å². The van der Waals surface area contributed by atoms with E-state index in [4.69, 9.17) is 4.74 Å². The summed E-state index contributed by atoms with van der Waals surface area (Å²) >= 11 is 1.33. The van der Waals surface area contributed by atoms with Gasteiger partial charge < -0.3 is 9.72 Å². The molecule has 1 aliphatic heterocycles. The van der Waals surface area contributed by atoms with Gasteiger partial charge in [-0.25, -0.2) is 4.98 Å². The van der Waals surface area contributed by atoms with Crippen LogP contribution >= 0.6 is 11.3 Å². The number of carbonyl (C=O) groups excluding carboxylic acids is 3. The van der Waals surface area contributed by atoms with Gasteiger partial charge in [0.05, 0.1) is 12.1 Å². The summed E-state index contributed by atoms with van der Waals surface area (Å²) in [6.07, 6.45) is 2.06. The summed E-state index contributed by atoms with van der Waals surface area (Å²) in [5.74, 6) is -0.723. The highest BCUT2D eigenvalue weighted by Gasteiger charge is 2.26. The van der Waals surface area contributed by atoms with Crippen LogP contribution in [0.3, 0.4) is 0 Å². The topological polar surface area (TPSA) is 92.4 Å². The molecule has 2 aromatic heterocycles. The molecule has 3 aromatic rings. The molecule has 1 atom stereocenters. The summed E-state index contributed by atoms with van der Waals surface area (Å²) in [5, 5.41) is 3.15. The highest BCUT2D eigenvalue weighted by Crippen LogP contribution is 2.26. The standard InChI is InChI=1S/C20H19N3O4S/c1-12(19(26)15-10-21-16-6-3-2-5-14(15)16)27-18(25)9-13-11-28-20(22-13)23-8-4-7-17(23)24/h2-3,5-6,10-12,21H,4,7-9H2,1H3/t12-/m0/s1. The third-order valence-corrected chi connectivity index (χ3v) is 5.61. The van der Waals surface area contributed by atoms with E-state index in [0.29, 0.717) is 29.4 Å². The van der Waals surface area contributed by atoms with Crippen LogP contribution < -0.4 is 4.90 Å². The van der Waals surface area contributed by atoms with Crippen LogP contribution in [0.15, 0.2) is 35.8 Å². The minimum Gasteiger partial charge on any atom is -0.454 e. The molecule has 4 rings (SSSR count). The number of aromatic amines is 1. The number of fused-ring (bicyclic) bond motifs is 1. The number of aromatic nitrogens is 2. The summed E-state index contributed by atoms with van der Waals surface area (Å²) in [6, 6.07) is 7.47. The zero-order valence-corrected chi connectivity index (χ0v) is 16.1. The van der Waals surface area contributed by atoms with E-state index in [9.17, 15) is 14.4 Å². The van der Waals surface area contributed by atoms with Crippen molar-refractivity contribution in [2.45, 2.75) is 32.3 Å². The van der Waals surface area contributed by atoms with Gasteiger partial charge in [0, 0.05) is 41.0 Å². The largest absolute Gasteiger partial charge is 0.454 e. The Labute approximate surface area is 165 Å². The number of H-pyrrole nitrogens is 1. The van der Waals surface area contributed by atoms with Crippen LogP contribution in [-0.2, 0) is 20.7 Å².